The Morgan fingerprint density at radius 2 is 2.05 bits per heavy atom. The first-order valence-corrected chi connectivity index (χ1v) is 14.0. The van der Waals surface area contributed by atoms with E-state index >= 15 is 0 Å². The number of unbranched alkanes of at least 4 members (excludes halogenated alkanes) is 2. The summed E-state index contributed by atoms with van der Waals surface area (Å²) in [6.07, 6.45) is 9.00. The Balaban J connectivity index is 1.57. The minimum atomic E-state index is -0.819. The van der Waals surface area contributed by atoms with Crippen LogP contribution in [-0.4, -0.2) is 82.1 Å². The fourth-order valence-electron chi connectivity index (χ4n) is 5.82. The van der Waals surface area contributed by atoms with Gasteiger partial charge in [-0.3, -0.25) is 14.5 Å². The van der Waals surface area contributed by atoms with Crippen LogP contribution < -0.4 is 10.5 Å². The average molecular weight is 524 g/mol. The number of carboxylic acid groups (broad SMARTS) is 1. The summed E-state index contributed by atoms with van der Waals surface area (Å²) in [5.41, 5.74) is 8.70. The van der Waals surface area contributed by atoms with Crippen molar-refractivity contribution in [2.75, 3.05) is 39.3 Å². The van der Waals surface area contributed by atoms with Gasteiger partial charge >= 0.3 is 5.97 Å². The lowest BCUT2D eigenvalue weighted by Gasteiger charge is -2.29. The maximum atomic E-state index is 13.6. The zero-order valence-corrected chi connectivity index (χ0v) is 22.4. The van der Waals surface area contributed by atoms with Gasteiger partial charge in [-0.05, 0) is 61.9 Å². The lowest BCUT2D eigenvalue weighted by Crippen LogP contribution is -2.45. The third-order valence-electron chi connectivity index (χ3n) is 7.87. The summed E-state index contributed by atoms with van der Waals surface area (Å²) in [6, 6.07) is 7.65. The Bertz CT molecular complexity index is 1070. The van der Waals surface area contributed by atoms with E-state index in [4.69, 9.17) is 10.5 Å². The molecule has 0 radical (unpaired) electrons. The molecule has 0 spiro atoms. The highest BCUT2D eigenvalue weighted by molar-refractivity contribution is 5.79. The van der Waals surface area contributed by atoms with Gasteiger partial charge in [0.15, 0.2) is 0 Å². The SMILES string of the molecule is CCCCN(CCCCN)C(=O)CN1C[C@H](c2ccc3c(c2)CCO3)[C@@H](C(=O)O)[C@@H]1CCc1ccncn1. The Hall–Kier alpha value is -3.04. The van der Waals surface area contributed by atoms with Crippen LogP contribution in [0.3, 0.4) is 0 Å². The number of ether oxygens (including phenoxy) is 1. The first-order valence-electron chi connectivity index (χ1n) is 14.0. The third-order valence-corrected chi connectivity index (χ3v) is 7.87. The predicted octanol–water partition coefficient (Wildman–Crippen LogP) is 2.88. The van der Waals surface area contributed by atoms with Crippen molar-refractivity contribution in [1.82, 2.24) is 19.8 Å². The van der Waals surface area contributed by atoms with Crippen LogP contribution in [0.25, 0.3) is 0 Å². The summed E-state index contributed by atoms with van der Waals surface area (Å²) in [4.78, 5) is 38.7. The van der Waals surface area contributed by atoms with Gasteiger partial charge in [0, 0.05) is 49.9 Å². The second kappa shape index (κ2) is 13.7. The van der Waals surface area contributed by atoms with Crippen molar-refractivity contribution in [2.45, 2.75) is 63.8 Å². The summed E-state index contributed by atoms with van der Waals surface area (Å²) in [5.74, 6) is -0.695. The lowest BCUT2D eigenvalue weighted by atomic mass is 9.83. The predicted molar refractivity (Wildman–Crippen MR) is 145 cm³/mol. The van der Waals surface area contributed by atoms with E-state index in [1.165, 1.54) is 6.33 Å². The van der Waals surface area contributed by atoms with Gasteiger partial charge in [-0.15, -0.1) is 0 Å². The molecule has 3 heterocycles. The van der Waals surface area contributed by atoms with Crippen LogP contribution in [0.1, 0.15) is 61.8 Å². The monoisotopic (exact) mass is 523 g/mol. The lowest BCUT2D eigenvalue weighted by molar-refractivity contribution is -0.143. The number of benzene rings is 1. The van der Waals surface area contributed by atoms with Crippen LogP contribution in [0.15, 0.2) is 36.8 Å². The molecule has 1 saturated heterocycles. The van der Waals surface area contributed by atoms with Crippen LogP contribution >= 0.6 is 0 Å². The molecule has 2 aliphatic rings. The minimum Gasteiger partial charge on any atom is -0.493 e. The molecule has 206 valence electrons. The van der Waals surface area contributed by atoms with Crippen molar-refractivity contribution in [1.29, 1.82) is 0 Å². The fourth-order valence-corrected chi connectivity index (χ4v) is 5.82. The molecule has 0 bridgehead atoms. The number of carbonyl (C=O) groups is 2. The number of fused-ring (bicyclic) bond motifs is 1. The maximum absolute atomic E-state index is 13.6. The van der Waals surface area contributed by atoms with Gasteiger partial charge in [0.2, 0.25) is 5.91 Å². The smallest absolute Gasteiger partial charge is 0.308 e. The van der Waals surface area contributed by atoms with E-state index in [9.17, 15) is 14.7 Å². The van der Waals surface area contributed by atoms with Gasteiger partial charge in [0.05, 0.1) is 19.1 Å². The maximum Gasteiger partial charge on any atom is 0.308 e. The molecule has 0 unspecified atom stereocenters. The van der Waals surface area contributed by atoms with Gasteiger partial charge in [0.1, 0.15) is 12.1 Å². The van der Waals surface area contributed by atoms with Crippen LogP contribution in [0.5, 0.6) is 5.75 Å². The topological polar surface area (TPSA) is 122 Å². The van der Waals surface area contributed by atoms with E-state index in [0.717, 1.165) is 61.2 Å². The fraction of sp³-hybridized carbons (Fsp3) is 0.586. The molecule has 1 aromatic carbocycles. The molecule has 1 amide bonds. The zero-order valence-electron chi connectivity index (χ0n) is 22.4. The van der Waals surface area contributed by atoms with Crippen molar-refractivity contribution in [3.05, 3.63) is 53.6 Å². The van der Waals surface area contributed by atoms with E-state index in [1.54, 1.807) is 6.20 Å². The largest absolute Gasteiger partial charge is 0.493 e. The molecular weight excluding hydrogens is 482 g/mol. The average Bonchev–Trinajstić information content (AvgIpc) is 3.54. The highest BCUT2D eigenvalue weighted by Gasteiger charge is 2.47. The Kier molecular flexibility index (Phi) is 10.1. The Morgan fingerprint density at radius 1 is 1.21 bits per heavy atom. The minimum absolute atomic E-state index is 0.0645. The molecule has 2 aliphatic heterocycles. The van der Waals surface area contributed by atoms with E-state index in [2.05, 4.69) is 27.9 Å². The van der Waals surface area contributed by atoms with Crippen LogP contribution in [0, 0.1) is 5.92 Å². The molecule has 2 aromatic rings. The quantitative estimate of drug-likeness (QED) is 0.363. The molecule has 38 heavy (non-hydrogen) atoms. The number of aromatic nitrogens is 2. The summed E-state index contributed by atoms with van der Waals surface area (Å²) in [6.45, 7) is 5.54. The molecule has 3 N–H and O–H groups in total. The second-order valence-electron chi connectivity index (χ2n) is 10.4. The standard InChI is InChI=1S/C29H41N5O4/c1-2-3-14-33(15-5-4-12-30)27(35)19-34-18-24(21-6-9-26-22(17-21)11-16-38-26)28(29(36)37)25(34)8-7-23-10-13-31-20-32-23/h6,9-10,13,17,20,24-25,28H,2-5,7-8,11-12,14-16,18-19,30H2,1H3,(H,36,37)/t24-,25+,28-/m1/s1. The molecule has 9 nitrogen and oxygen atoms in total. The highest BCUT2D eigenvalue weighted by Crippen LogP contribution is 2.41. The van der Waals surface area contributed by atoms with Crippen molar-refractivity contribution in [2.24, 2.45) is 11.7 Å². The molecule has 0 aliphatic carbocycles. The number of amides is 1. The van der Waals surface area contributed by atoms with E-state index in [1.807, 2.05) is 23.1 Å². The number of nitrogens with zero attached hydrogens (tertiary/aromatic N) is 4. The molecule has 4 rings (SSSR count). The summed E-state index contributed by atoms with van der Waals surface area (Å²) >= 11 is 0. The first-order chi connectivity index (χ1) is 18.5. The van der Waals surface area contributed by atoms with E-state index in [0.29, 0.717) is 39.1 Å². The molecule has 0 saturated carbocycles. The number of hydrogen-bond donors (Lipinski definition) is 2. The van der Waals surface area contributed by atoms with Gasteiger partial charge in [-0.2, -0.15) is 0 Å². The van der Waals surface area contributed by atoms with Crippen molar-refractivity contribution < 1.29 is 19.4 Å². The molecular formula is C29H41N5O4. The van der Waals surface area contributed by atoms with Crippen LogP contribution in [-0.2, 0) is 22.4 Å². The first kappa shape index (κ1) is 28.0. The number of carbonyl (C=O) groups excluding carboxylic acids is 1. The van der Waals surface area contributed by atoms with Crippen molar-refractivity contribution in [3.63, 3.8) is 0 Å². The van der Waals surface area contributed by atoms with Gasteiger partial charge < -0.3 is 20.5 Å². The van der Waals surface area contributed by atoms with Gasteiger partial charge in [0.25, 0.3) is 0 Å². The number of aryl methyl sites for hydroxylation is 1. The normalized spacial score (nSPS) is 20.7. The summed E-state index contributed by atoms with van der Waals surface area (Å²) in [5, 5.41) is 10.4. The number of carboxylic acids is 1. The van der Waals surface area contributed by atoms with Crippen molar-refractivity contribution >= 4 is 11.9 Å². The molecule has 3 atom stereocenters. The van der Waals surface area contributed by atoms with Gasteiger partial charge in [-0.25, -0.2) is 9.97 Å². The number of nitrogens with two attached hydrogens (primary N) is 1. The summed E-state index contributed by atoms with van der Waals surface area (Å²) in [7, 11) is 0. The highest BCUT2D eigenvalue weighted by atomic mass is 16.5. The number of likely N-dealkylation sites (tertiary alicyclic amines) is 1. The Labute approximate surface area is 225 Å². The Morgan fingerprint density at radius 3 is 2.79 bits per heavy atom. The number of aliphatic carboxylic acids is 1. The van der Waals surface area contributed by atoms with Crippen LogP contribution in [0.2, 0.25) is 0 Å². The summed E-state index contributed by atoms with van der Waals surface area (Å²) < 4.78 is 5.67. The van der Waals surface area contributed by atoms with Gasteiger partial charge in [-0.1, -0.05) is 25.5 Å². The molecule has 1 fully saturated rings. The van der Waals surface area contributed by atoms with E-state index in [-0.39, 0.29) is 24.4 Å². The molecule has 1 aromatic heterocycles. The van der Waals surface area contributed by atoms with Crippen molar-refractivity contribution in [3.8, 4) is 5.75 Å². The molecule has 9 heteroatoms. The van der Waals surface area contributed by atoms with Crippen LogP contribution in [0.4, 0.5) is 0 Å². The second-order valence-corrected chi connectivity index (χ2v) is 10.4. The third kappa shape index (κ3) is 6.88. The number of hydrogen-bond acceptors (Lipinski definition) is 7. The van der Waals surface area contributed by atoms with E-state index < -0.39 is 11.9 Å². The number of rotatable bonds is 14. The zero-order chi connectivity index (χ0) is 26.9.